The number of amides is 1. The lowest BCUT2D eigenvalue weighted by molar-refractivity contribution is -0.384. The number of rotatable bonds is 6. The number of hydrogen-bond donors (Lipinski definition) is 1. The number of nitrogens with one attached hydrogen (secondary N) is 1. The number of hydrogen-bond acceptors (Lipinski definition) is 4. The maximum absolute atomic E-state index is 11.8. The van der Waals surface area contributed by atoms with E-state index in [4.69, 9.17) is 6.42 Å². The molecule has 0 saturated carbocycles. The Morgan fingerprint density at radius 1 is 1.50 bits per heavy atom. The quantitative estimate of drug-likeness (QED) is 0.373. The molecular weight excluding hydrogens is 258 g/mol. The number of benzene rings is 1. The Morgan fingerprint density at radius 2 is 2.20 bits per heavy atom. The van der Waals surface area contributed by atoms with Gasteiger partial charge in [-0.1, -0.05) is 0 Å². The second kappa shape index (κ2) is 7.14. The van der Waals surface area contributed by atoms with Gasteiger partial charge in [0, 0.05) is 38.7 Å². The molecule has 0 aliphatic heterocycles. The van der Waals surface area contributed by atoms with E-state index in [2.05, 4.69) is 11.2 Å². The molecule has 20 heavy (non-hydrogen) atoms. The summed E-state index contributed by atoms with van der Waals surface area (Å²) in [6, 6.07) is 4.40. The molecule has 0 aliphatic rings. The molecule has 1 N–H and O–H groups in total. The van der Waals surface area contributed by atoms with Gasteiger partial charge in [0.15, 0.2) is 0 Å². The Bertz CT molecular complexity index is 547. The van der Waals surface area contributed by atoms with Crippen molar-refractivity contribution in [3.05, 3.63) is 33.9 Å². The molecule has 1 amide bonds. The molecular formula is C14H17N3O3. The van der Waals surface area contributed by atoms with Crippen LogP contribution in [-0.4, -0.2) is 36.4 Å². The van der Waals surface area contributed by atoms with E-state index in [1.807, 2.05) is 0 Å². The molecule has 0 fully saturated rings. The highest BCUT2D eigenvalue weighted by molar-refractivity contribution is 5.95. The van der Waals surface area contributed by atoms with Crippen LogP contribution in [0, 0.1) is 22.5 Å². The zero-order chi connectivity index (χ0) is 15.1. The Kier molecular flexibility index (Phi) is 5.54. The number of carbonyl (C=O) groups is 1. The lowest BCUT2D eigenvalue weighted by atomic mass is 10.1. The molecule has 0 heterocycles. The SMILES string of the molecule is C#CCCCNc1ccc(C(=O)N(C)C)cc1[N+](=O)[O-]. The molecule has 1 aromatic carbocycles. The fourth-order valence-electron chi connectivity index (χ4n) is 1.64. The molecule has 0 aromatic heterocycles. The van der Waals surface area contributed by atoms with Crippen molar-refractivity contribution in [1.82, 2.24) is 4.90 Å². The van der Waals surface area contributed by atoms with E-state index in [-0.39, 0.29) is 17.2 Å². The smallest absolute Gasteiger partial charge is 0.293 e. The van der Waals surface area contributed by atoms with Crippen LogP contribution >= 0.6 is 0 Å². The van der Waals surface area contributed by atoms with Gasteiger partial charge < -0.3 is 10.2 Å². The van der Waals surface area contributed by atoms with E-state index >= 15 is 0 Å². The van der Waals surface area contributed by atoms with Gasteiger partial charge in [-0.05, 0) is 18.6 Å². The van der Waals surface area contributed by atoms with E-state index in [1.54, 1.807) is 26.2 Å². The molecule has 0 radical (unpaired) electrons. The summed E-state index contributed by atoms with van der Waals surface area (Å²) < 4.78 is 0. The van der Waals surface area contributed by atoms with Crippen LogP contribution in [0.4, 0.5) is 11.4 Å². The van der Waals surface area contributed by atoms with Gasteiger partial charge >= 0.3 is 0 Å². The maximum Gasteiger partial charge on any atom is 0.293 e. The Hall–Kier alpha value is -2.55. The lowest BCUT2D eigenvalue weighted by Gasteiger charge is -2.11. The summed E-state index contributed by atoms with van der Waals surface area (Å²) >= 11 is 0. The Labute approximate surface area is 117 Å². The van der Waals surface area contributed by atoms with Crippen LogP contribution in [-0.2, 0) is 0 Å². The van der Waals surface area contributed by atoms with Gasteiger partial charge in [-0.15, -0.1) is 12.3 Å². The highest BCUT2D eigenvalue weighted by Crippen LogP contribution is 2.26. The average molecular weight is 275 g/mol. The fraction of sp³-hybridized carbons (Fsp3) is 0.357. The van der Waals surface area contributed by atoms with Gasteiger partial charge in [-0.2, -0.15) is 0 Å². The molecule has 0 atom stereocenters. The highest BCUT2D eigenvalue weighted by Gasteiger charge is 2.18. The monoisotopic (exact) mass is 275 g/mol. The van der Waals surface area contributed by atoms with Crippen LogP contribution < -0.4 is 5.32 Å². The lowest BCUT2D eigenvalue weighted by Crippen LogP contribution is -2.21. The van der Waals surface area contributed by atoms with Crippen molar-refractivity contribution in [2.45, 2.75) is 12.8 Å². The highest BCUT2D eigenvalue weighted by atomic mass is 16.6. The number of nitrogens with zero attached hydrogens (tertiary/aromatic N) is 2. The minimum Gasteiger partial charge on any atom is -0.379 e. The minimum absolute atomic E-state index is 0.113. The molecule has 0 saturated heterocycles. The van der Waals surface area contributed by atoms with Gasteiger partial charge in [-0.25, -0.2) is 0 Å². The van der Waals surface area contributed by atoms with Crippen molar-refractivity contribution in [3.63, 3.8) is 0 Å². The number of nitro groups is 1. The van der Waals surface area contributed by atoms with Crippen LogP contribution in [0.2, 0.25) is 0 Å². The number of carbonyl (C=O) groups excluding carboxylic acids is 1. The maximum atomic E-state index is 11.8. The van der Waals surface area contributed by atoms with Crippen LogP contribution in [0.3, 0.4) is 0 Å². The van der Waals surface area contributed by atoms with E-state index < -0.39 is 4.92 Å². The zero-order valence-electron chi connectivity index (χ0n) is 11.5. The number of nitro benzene ring substituents is 1. The van der Waals surface area contributed by atoms with E-state index in [0.717, 1.165) is 6.42 Å². The van der Waals surface area contributed by atoms with E-state index in [0.29, 0.717) is 18.7 Å². The van der Waals surface area contributed by atoms with Crippen LogP contribution in [0.1, 0.15) is 23.2 Å². The van der Waals surface area contributed by atoms with Gasteiger partial charge in [0.2, 0.25) is 0 Å². The third-order valence-corrected chi connectivity index (χ3v) is 2.66. The topological polar surface area (TPSA) is 75.5 Å². The van der Waals surface area contributed by atoms with E-state index in [1.165, 1.54) is 11.0 Å². The number of anilines is 1. The van der Waals surface area contributed by atoms with Crippen molar-refractivity contribution in [1.29, 1.82) is 0 Å². The summed E-state index contributed by atoms with van der Waals surface area (Å²) in [6.07, 6.45) is 6.48. The van der Waals surface area contributed by atoms with Crippen LogP contribution in [0.5, 0.6) is 0 Å². The summed E-state index contributed by atoms with van der Waals surface area (Å²) in [7, 11) is 3.19. The first kappa shape index (κ1) is 15.5. The minimum atomic E-state index is -0.504. The largest absolute Gasteiger partial charge is 0.379 e. The van der Waals surface area contributed by atoms with Crippen molar-refractivity contribution in [2.75, 3.05) is 26.0 Å². The van der Waals surface area contributed by atoms with Crippen LogP contribution in [0.15, 0.2) is 18.2 Å². The molecule has 0 spiro atoms. The summed E-state index contributed by atoms with van der Waals surface area (Å²) in [5.74, 6) is 2.23. The summed E-state index contributed by atoms with van der Waals surface area (Å²) in [6.45, 7) is 0.548. The summed E-state index contributed by atoms with van der Waals surface area (Å²) in [5.41, 5.74) is 0.566. The molecule has 1 aromatic rings. The van der Waals surface area contributed by atoms with E-state index in [9.17, 15) is 14.9 Å². The first-order valence-corrected chi connectivity index (χ1v) is 6.14. The van der Waals surface area contributed by atoms with Gasteiger partial charge in [0.1, 0.15) is 5.69 Å². The molecule has 6 nitrogen and oxygen atoms in total. The molecule has 0 unspecified atom stereocenters. The normalized spacial score (nSPS) is 9.65. The average Bonchev–Trinajstić information content (AvgIpc) is 2.42. The summed E-state index contributed by atoms with van der Waals surface area (Å²) in [5, 5.41) is 14.0. The predicted octanol–water partition coefficient (Wildman–Crippen LogP) is 2.12. The third kappa shape index (κ3) is 3.99. The van der Waals surface area contributed by atoms with Gasteiger partial charge in [0.05, 0.1) is 4.92 Å². The molecule has 1 rings (SSSR count). The van der Waals surface area contributed by atoms with Crippen molar-refractivity contribution in [3.8, 4) is 12.3 Å². The standard InChI is InChI=1S/C14H17N3O3/c1-4-5-6-9-15-12-8-7-11(14(18)16(2)3)10-13(12)17(19)20/h1,7-8,10,15H,5-6,9H2,2-3H3. The van der Waals surface area contributed by atoms with Crippen LogP contribution in [0.25, 0.3) is 0 Å². The molecule has 6 heteroatoms. The first-order valence-electron chi connectivity index (χ1n) is 6.14. The second-order valence-electron chi connectivity index (χ2n) is 4.42. The zero-order valence-corrected chi connectivity index (χ0v) is 11.5. The summed E-state index contributed by atoms with van der Waals surface area (Å²) in [4.78, 5) is 23.7. The van der Waals surface area contributed by atoms with Crippen molar-refractivity contribution in [2.24, 2.45) is 0 Å². The predicted molar refractivity (Wildman–Crippen MR) is 77.7 cm³/mol. The van der Waals surface area contributed by atoms with Gasteiger partial charge in [0.25, 0.3) is 11.6 Å². The number of unbranched alkanes of at least 4 members (excludes halogenated alkanes) is 1. The van der Waals surface area contributed by atoms with Crippen molar-refractivity contribution < 1.29 is 9.72 Å². The second-order valence-corrected chi connectivity index (χ2v) is 4.42. The Morgan fingerprint density at radius 3 is 2.75 bits per heavy atom. The fourth-order valence-corrected chi connectivity index (χ4v) is 1.64. The molecule has 0 aliphatic carbocycles. The molecule has 106 valence electrons. The first-order chi connectivity index (χ1) is 9.47. The third-order valence-electron chi connectivity index (χ3n) is 2.66. The number of terminal acetylenes is 1. The molecule has 0 bridgehead atoms. The Balaban J connectivity index is 2.94. The van der Waals surface area contributed by atoms with Crippen molar-refractivity contribution >= 4 is 17.3 Å². The van der Waals surface area contributed by atoms with Gasteiger partial charge in [-0.3, -0.25) is 14.9 Å².